The van der Waals surface area contributed by atoms with Crippen LogP contribution in [0.25, 0.3) is 4.85 Å². The van der Waals surface area contributed by atoms with Crippen LogP contribution < -0.4 is 5.32 Å². The number of anilines is 1. The van der Waals surface area contributed by atoms with Crippen LogP contribution >= 0.6 is 11.6 Å². The monoisotopic (exact) mass is 404 g/mol. The summed E-state index contributed by atoms with van der Waals surface area (Å²) in [5.74, 6) is 2.47. The van der Waals surface area contributed by atoms with Gasteiger partial charge in [-0.3, -0.25) is 4.79 Å². The number of aryl methyl sites for hydroxylation is 1. The highest BCUT2D eigenvalue weighted by Gasteiger charge is 2.51. The van der Waals surface area contributed by atoms with Crippen LogP contribution in [-0.2, 0) is 5.41 Å². The minimum absolute atomic E-state index is 0.272. The summed E-state index contributed by atoms with van der Waals surface area (Å²) < 4.78 is 0. The molecule has 3 nitrogen and oxygen atoms in total. The van der Waals surface area contributed by atoms with Gasteiger partial charge in [0.05, 0.1) is 11.6 Å². The molecule has 4 heteroatoms. The summed E-state index contributed by atoms with van der Waals surface area (Å²) in [5, 5.41) is 3.35. The first-order valence-electron chi connectivity index (χ1n) is 10.6. The Kier molecular flexibility index (Phi) is 4.44. The second-order valence-corrected chi connectivity index (χ2v) is 9.86. The van der Waals surface area contributed by atoms with E-state index >= 15 is 0 Å². The van der Waals surface area contributed by atoms with Crippen LogP contribution in [0.2, 0.25) is 5.02 Å². The molecule has 0 saturated heterocycles. The number of carbonyl (C=O) groups excluding carboxylic acids is 1. The van der Waals surface area contributed by atoms with Crippen molar-refractivity contribution in [1.29, 1.82) is 0 Å². The van der Waals surface area contributed by atoms with E-state index in [-0.39, 0.29) is 5.91 Å². The zero-order chi connectivity index (χ0) is 20.2. The van der Waals surface area contributed by atoms with Gasteiger partial charge in [-0.2, -0.15) is 0 Å². The van der Waals surface area contributed by atoms with E-state index in [1.165, 1.54) is 44.1 Å². The molecule has 2 aromatic carbocycles. The Morgan fingerprint density at radius 1 is 1.07 bits per heavy atom. The van der Waals surface area contributed by atoms with E-state index in [4.69, 9.17) is 18.2 Å². The third-order valence-corrected chi connectivity index (χ3v) is 7.78. The fraction of sp³-hybridized carbons (Fsp3) is 0.440. The molecular formula is C25H25ClN2O. The molecule has 29 heavy (non-hydrogen) atoms. The van der Waals surface area contributed by atoms with E-state index in [0.717, 1.165) is 29.0 Å². The molecule has 4 aliphatic rings. The Bertz CT molecular complexity index is 1000. The summed E-state index contributed by atoms with van der Waals surface area (Å²) in [4.78, 5) is 16.2. The number of hydrogen-bond acceptors (Lipinski definition) is 1. The zero-order valence-corrected chi connectivity index (χ0v) is 17.4. The van der Waals surface area contributed by atoms with Crippen LogP contribution in [-0.4, -0.2) is 5.91 Å². The second-order valence-electron chi connectivity index (χ2n) is 9.46. The third kappa shape index (κ3) is 3.24. The average molecular weight is 405 g/mol. The standard InChI is InChI=1S/C25H25ClN2O/c1-15-7-19(25-12-16-8-17(13-25)10-18(9-16)14-25)3-6-23(15)28-24(29)21-11-20(27-2)4-5-22(21)26/h3-7,11,16-18H,8-10,12-14H2,1H3,(H,28,29). The Labute approximate surface area is 177 Å². The maximum absolute atomic E-state index is 12.8. The lowest BCUT2D eigenvalue weighted by Crippen LogP contribution is -2.48. The Morgan fingerprint density at radius 2 is 1.72 bits per heavy atom. The molecule has 4 saturated carbocycles. The molecule has 0 aliphatic heterocycles. The van der Waals surface area contributed by atoms with E-state index in [0.29, 0.717) is 21.7 Å². The predicted octanol–water partition coefficient (Wildman–Crippen LogP) is 6.92. The number of nitrogens with one attached hydrogen (secondary N) is 1. The maximum Gasteiger partial charge on any atom is 0.255 e. The second kappa shape index (κ2) is 6.89. The molecule has 0 atom stereocenters. The SMILES string of the molecule is [C-]#[N+]c1ccc(Cl)c(C(=O)Nc2ccc(C34CC5CC(CC(C5)C3)C4)cc2C)c1. The van der Waals surface area contributed by atoms with Crippen molar-refractivity contribution in [2.24, 2.45) is 17.8 Å². The molecule has 6 rings (SSSR count). The van der Waals surface area contributed by atoms with Gasteiger partial charge in [0.15, 0.2) is 5.69 Å². The highest BCUT2D eigenvalue weighted by atomic mass is 35.5. The zero-order valence-electron chi connectivity index (χ0n) is 16.7. The number of rotatable bonds is 3. The van der Waals surface area contributed by atoms with Crippen molar-refractivity contribution in [3.05, 3.63) is 69.5 Å². The summed E-state index contributed by atoms with van der Waals surface area (Å²) in [5.41, 5.74) is 4.46. The summed E-state index contributed by atoms with van der Waals surface area (Å²) in [6.45, 7) is 9.22. The van der Waals surface area contributed by atoms with Gasteiger partial charge < -0.3 is 5.32 Å². The van der Waals surface area contributed by atoms with Crippen LogP contribution in [0.3, 0.4) is 0 Å². The lowest BCUT2D eigenvalue weighted by molar-refractivity contribution is -0.00520. The number of benzene rings is 2. The molecule has 0 radical (unpaired) electrons. The van der Waals surface area contributed by atoms with Crippen LogP contribution in [0.1, 0.15) is 60.0 Å². The summed E-state index contributed by atoms with van der Waals surface area (Å²) in [6, 6.07) is 11.3. The van der Waals surface area contributed by atoms with Gasteiger partial charge in [-0.05, 0) is 91.9 Å². The lowest BCUT2D eigenvalue weighted by Gasteiger charge is -2.57. The van der Waals surface area contributed by atoms with Crippen molar-refractivity contribution >= 4 is 28.9 Å². The Morgan fingerprint density at radius 3 is 2.31 bits per heavy atom. The van der Waals surface area contributed by atoms with E-state index in [1.807, 2.05) is 6.07 Å². The minimum Gasteiger partial charge on any atom is -0.322 e. The van der Waals surface area contributed by atoms with Gasteiger partial charge in [-0.25, -0.2) is 4.85 Å². The number of hydrogen-bond donors (Lipinski definition) is 1. The van der Waals surface area contributed by atoms with Crippen LogP contribution in [0.4, 0.5) is 11.4 Å². The first kappa shape index (κ1) is 18.7. The molecule has 1 N–H and O–H groups in total. The normalized spacial score (nSPS) is 29.5. The molecule has 0 heterocycles. The van der Waals surface area contributed by atoms with Crippen LogP contribution in [0.5, 0.6) is 0 Å². The molecule has 4 fully saturated rings. The third-order valence-electron chi connectivity index (χ3n) is 7.45. The smallest absolute Gasteiger partial charge is 0.255 e. The average Bonchev–Trinajstić information content (AvgIpc) is 2.68. The van der Waals surface area contributed by atoms with Crippen molar-refractivity contribution in [2.75, 3.05) is 5.32 Å². The molecule has 1 amide bonds. The Balaban J connectivity index is 1.40. The highest BCUT2D eigenvalue weighted by molar-refractivity contribution is 6.34. The predicted molar refractivity (Wildman–Crippen MR) is 117 cm³/mol. The van der Waals surface area contributed by atoms with Gasteiger partial charge in [0.1, 0.15) is 0 Å². The molecule has 2 aromatic rings. The highest BCUT2D eigenvalue weighted by Crippen LogP contribution is 2.60. The molecule has 0 aromatic heterocycles. The van der Waals surface area contributed by atoms with Crippen LogP contribution in [0.15, 0.2) is 36.4 Å². The molecule has 0 spiro atoms. The first-order chi connectivity index (χ1) is 14.0. The van der Waals surface area contributed by atoms with E-state index in [1.54, 1.807) is 18.2 Å². The number of carbonyl (C=O) groups is 1. The van der Waals surface area contributed by atoms with Crippen LogP contribution in [0, 0.1) is 31.2 Å². The minimum atomic E-state index is -0.272. The summed E-state index contributed by atoms with van der Waals surface area (Å²) in [6.07, 6.45) is 8.33. The van der Waals surface area contributed by atoms with Gasteiger partial charge >= 0.3 is 0 Å². The van der Waals surface area contributed by atoms with Crippen molar-refractivity contribution in [1.82, 2.24) is 0 Å². The first-order valence-corrected chi connectivity index (χ1v) is 10.9. The largest absolute Gasteiger partial charge is 0.322 e. The number of halogens is 1. The molecule has 4 aliphatic carbocycles. The number of amides is 1. The molecule has 4 bridgehead atoms. The van der Waals surface area contributed by atoms with Crippen molar-refractivity contribution in [2.45, 2.75) is 50.9 Å². The molecular weight excluding hydrogens is 380 g/mol. The van der Waals surface area contributed by atoms with Crippen molar-refractivity contribution in [3.8, 4) is 0 Å². The van der Waals surface area contributed by atoms with Crippen molar-refractivity contribution < 1.29 is 4.79 Å². The summed E-state index contributed by atoms with van der Waals surface area (Å²) in [7, 11) is 0. The van der Waals surface area contributed by atoms with Gasteiger partial charge in [0, 0.05) is 11.3 Å². The summed E-state index contributed by atoms with van der Waals surface area (Å²) >= 11 is 6.19. The molecule has 0 unspecified atom stereocenters. The molecule has 148 valence electrons. The van der Waals surface area contributed by atoms with E-state index < -0.39 is 0 Å². The van der Waals surface area contributed by atoms with E-state index in [9.17, 15) is 4.79 Å². The van der Waals surface area contributed by atoms with Gasteiger partial charge in [0.2, 0.25) is 0 Å². The maximum atomic E-state index is 12.8. The van der Waals surface area contributed by atoms with Crippen molar-refractivity contribution in [3.63, 3.8) is 0 Å². The van der Waals surface area contributed by atoms with Gasteiger partial charge in [-0.15, -0.1) is 0 Å². The number of nitrogens with zero attached hydrogens (tertiary/aromatic N) is 1. The Hall–Kier alpha value is -2.31. The van der Waals surface area contributed by atoms with Gasteiger partial charge in [-0.1, -0.05) is 35.9 Å². The fourth-order valence-electron chi connectivity index (χ4n) is 6.54. The van der Waals surface area contributed by atoms with E-state index in [2.05, 4.69) is 29.2 Å². The van der Waals surface area contributed by atoms with Gasteiger partial charge in [0.25, 0.3) is 5.91 Å². The fourth-order valence-corrected chi connectivity index (χ4v) is 6.75. The topological polar surface area (TPSA) is 33.5 Å². The quantitative estimate of drug-likeness (QED) is 0.553. The lowest BCUT2D eigenvalue weighted by atomic mass is 9.48.